The average Bonchev–Trinajstić information content (AvgIpc) is 2.76. The van der Waals surface area contributed by atoms with Gasteiger partial charge in [0, 0.05) is 0 Å². The van der Waals surface area contributed by atoms with E-state index in [0.717, 1.165) is 12.0 Å². The van der Waals surface area contributed by atoms with Crippen LogP contribution in [0.5, 0.6) is 11.5 Å². The Bertz CT molecular complexity index is 881. The number of ether oxygens (including phenoxy) is 3. The van der Waals surface area contributed by atoms with Gasteiger partial charge in [-0.3, -0.25) is 10.1 Å². The molecule has 1 aliphatic rings. The van der Waals surface area contributed by atoms with Crippen molar-refractivity contribution in [3.05, 3.63) is 59.7 Å². The average molecular weight is 398 g/mol. The zero-order chi connectivity index (χ0) is 20.6. The molecule has 1 aliphatic heterocycles. The number of carbonyl (C=O) groups is 3. The second-order valence-corrected chi connectivity index (χ2v) is 6.38. The quantitative estimate of drug-likeness (QED) is 0.722. The van der Waals surface area contributed by atoms with Crippen LogP contribution in [0.25, 0.3) is 0 Å². The molecular formula is C21H22N2O6. The highest BCUT2D eigenvalue weighted by Crippen LogP contribution is 2.30. The van der Waals surface area contributed by atoms with Crippen molar-refractivity contribution < 1.29 is 28.6 Å². The van der Waals surface area contributed by atoms with Crippen LogP contribution in [0.3, 0.4) is 0 Å². The molecule has 29 heavy (non-hydrogen) atoms. The van der Waals surface area contributed by atoms with Crippen molar-refractivity contribution >= 4 is 17.9 Å². The largest absolute Gasteiger partial charge is 0.486 e. The number of imide groups is 1. The summed E-state index contributed by atoms with van der Waals surface area (Å²) in [7, 11) is 0. The minimum Gasteiger partial charge on any atom is -0.486 e. The number of fused-ring (bicyclic) bond motifs is 1. The first-order valence-electron chi connectivity index (χ1n) is 9.27. The normalized spacial score (nSPS) is 14.6. The number of amides is 3. The SMILES string of the molecule is CCc1ccc(C(=O)OCC(=O)NC(=O)NCC2COc3ccccc3O2)cc1. The molecular weight excluding hydrogens is 376 g/mol. The van der Waals surface area contributed by atoms with Crippen LogP contribution in [-0.2, 0) is 16.0 Å². The number of hydrogen-bond acceptors (Lipinski definition) is 6. The number of nitrogens with one attached hydrogen (secondary N) is 2. The Morgan fingerprint density at radius 3 is 2.52 bits per heavy atom. The Balaban J connectivity index is 1.37. The van der Waals surface area contributed by atoms with E-state index in [1.807, 2.05) is 31.2 Å². The molecule has 3 amide bonds. The van der Waals surface area contributed by atoms with Crippen molar-refractivity contribution in [3.8, 4) is 11.5 Å². The van der Waals surface area contributed by atoms with Gasteiger partial charge in [0.2, 0.25) is 0 Å². The predicted octanol–water partition coefficient (Wildman–Crippen LogP) is 2.07. The number of esters is 1. The van der Waals surface area contributed by atoms with Crippen LogP contribution in [0.4, 0.5) is 4.79 Å². The minimum atomic E-state index is -0.729. The zero-order valence-electron chi connectivity index (χ0n) is 16.0. The van der Waals surface area contributed by atoms with Gasteiger partial charge < -0.3 is 19.5 Å². The van der Waals surface area contributed by atoms with Gasteiger partial charge in [-0.05, 0) is 36.2 Å². The van der Waals surface area contributed by atoms with Crippen LogP contribution in [0.1, 0.15) is 22.8 Å². The summed E-state index contributed by atoms with van der Waals surface area (Å²) >= 11 is 0. The van der Waals surface area contributed by atoms with Gasteiger partial charge in [-0.15, -0.1) is 0 Å². The van der Waals surface area contributed by atoms with Crippen molar-refractivity contribution in [3.63, 3.8) is 0 Å². The van der Waals surface area contributed by atoms with Gasteiger partial charge in [-0.2, -0.15) is 0 Å². The molecule has 0 aromatic heterocycles. The van der Waals surface area contributed by atoms with E-state index in [1.54, 1.807) is 24.3 Å². The van der Waals surface area contributed by atoms with Crippen LogP contribution in [0, 0.1) is 0 Å². The minimum absolute atomic E-state index is 0.150. The molecule has 0 aliphatic carbocycles. The molecule has 2 N–H and O–H groups in total. The standard InChI is InChI=1S/C21H22N2O6/c1-2-14-7-9-15(10-8-14)20(25)28-13-19(24)23-21(26)22-11-16-12-27-17-5-3-4-6-18(17)29-16/h3-10,16H,2,11-13H2,1H3,(H2,22,23,24,26). The summed E-state index contributed by atoms with van der Waals surface area (Å²) in [6.07, 6.45) is 0.479. The van der Waals surface area contributed by atoms with E-state index in [9.17, 15) is 14.4 Å². The van der Waals surface area contributed by atoms with E-state index in [-0.39, 0.29) is 19.3 Å². The Hall–Kier alpha value is -3.55. The number of para-hydroxylation sites is 2. The zero-order valence-corrected chi connectivity index (χ0v) is 16.0. The lowest BCUT2D eigenvalue weighted by Gasteiger charge is -2.26. The van der Waals surface area contributed by atoms with Gasteiger partial charge in [-0.1, -0.05) is 31.2 Å². The van der Waals surface area contributed by atoms with Crippen molar-refractivity contribution in [2.75, 3.05) is 19.8 Å². The Morgan fingerprint density at radius 2 is 1.79 bits per heavy atom. The van der Waals surface area contributed by atoms with Crippen LogP contribution in [0.15, 0.2) is 48.5 Å². The van der Waals surface area contributed by atoms with E-state index in [2.05, 4.69) is 10.6 Å². The highest BCUT2D eigenvalue weighted by atomic mass is 16.6. The molecule has 0 spiro atoms. The number of carbonyl (C=O) groups excluding carboxylic acids is 3. The number of urea groups is 1. The first-order valence-corrected chi connectivity index (χ1v) is 9.27. The molecule has 1 unspecified atom stereocenters. The summed E-state index contributed by atoms with van der Waals surface area (Å²) in [5, 5.41) is 4.63. The van der Waals surface area contributed by atoms with Crippen LogP contribution >= 0.6 is 0 Å². The maximum absolute atomic E-state index is 11.9. The van der Waals surface area contributed by atoms with Crippen LogP contribution in [-0.4, -0.2) is 43.8 Å². The molecule has 0 fully saturated rings. The fraction of sp³-hybridized carbons (Fsp3) is 0.286. The van der Waals surface area contributed by atoms with Gasteiger partial charge in [0.05, 0.1) is 12.1 Å². The lowest BCUT2D eigenvalue weighted by atomic mass is 10.1. The molecule has 1 heterocycles. The molecule has 0 saturated carbocycles. The van der Waals surface area contributed by atoms with Gasteiger partial charge in [0.15, 0.2) is 24.2 Å². The van der Waals surface area contributed by atoms with Crippen molar-refractivity contribution in [1.29, 1.82) is 0 Å². The summed E-state index contributed by atoms with van der Waals surface area (Å²) in [5.74, 6) is -0.114. The number of aryl methyl sites for hydroxylation is 1. The third-order valence-corrected chi connectivity index (χ3v) is 4.24. The van der Waals surface area contributed by atoms with E-state index in [4.69, 9.17) is 14.2 Å². The molecule has 2 aromatic rings. The van der Waals surface area contributed by atoms with Crippen molar-refractivity contribution in [2.24, 2.45) is 0 Å². The van der Waals surface area contributed by atoms with Crippen LogP contribution < -0.4 is 20.1 Å². The Labute approximate surface area is 168 Å². The summed E-state index contributed by atoms with van der Waals surface area (Å²) in [6, 6.07) is 13.4. The summed E-state index contributed by atoms with van der Waals surface area (Å²) in [6.45, 7) is 1.88. The maximum Gasteiger partial charge on any atom is 0.338 e. The van der Waals surface area contributed by atoms with Crippen molar-refractivity contribution in [2.45, 2.75) is 19.4 Å². The Kier molecular flexibility index (Phi) is 6.67. The van der Waals surface area contributed by atoms with E-state index in [1.165, 1.54) is 0 Å². The molecule has 152 valence electrons. The van der Waals surface area contributed by atoms with Gasteiger partial charge in [0.25, 0.3) is 5.91 Å². The van der Waals surface area contributed by atoms with Crippen LogP contribution in [0.2, 0.25) is 0 Å². The fourth-order valence-electron chi connectivity index (χ4n) is 2.67. The summed E-state index contributed by atoms with van der Waals surface area (Å²) in [5.41, 5.74) is 1.43. The lowest BCUT2D eigenvalue weighted by molar-refractivity contribution is -0.123. The topological polar surface area (TPSA) is 103 Å². The number of benzene rings is 2. The molecule has 0 bridgehead atoms. The smallest absolute Gasteiger partial charge is 0.338 e. The Morgan fingerprint density at radius 1 is 1.07 bits per heavy atom. The molecule has 3 rings (SSSR count). The molecule has 1 atom stereocenters. The fourth-order valence-corrected chi connectivity index (χ4v) is 2.67. The highest BCUT2D eigenvalue weighted by Gasteiger charge is 2.21. The summed E-state index contributed by atoms with van der Waals surface area (Å²) in [4.78, 5) is 35.6. The summed E-state index contributed by atoms with van der Waals surface area (Å²) < 4.78 is 16.2. The molecule has 0 saturated heterocycles. The van der Waals surface area contributed by atoms with Crippen molar-refractivity contribution in [1.82, 2.24) is 10.6 Å². The van der Waals surface area contributed by atoms with E-state index < -0.39 is 24.5 Å². The first-order chi connectivity index (χ1) is 14.0. The second kappa shape index (κ2) is 9.59. The predicted molar refractivity (Wildman–Crippen MR) is 104 cm³/mol. The number of hydrogen-bond donors (Lipinski definition) is 2. The van der Waals surface area contributed by atoms with E-state index in [0.29, 0.717) is 17.1 Å². The van der Waals surface area contributed by atoms with Gasteiger partial charge >= 0.3 is 12.0 Å². The second-order valence-electron chi connectivity index (χ2n) is 6.38. The number of rotatable bonds is 6. The van der Waals surface area contributed by atoms with Gasteiger partial charge in [-0.25, -0.2) is 9.59 Å². The first kappa shape index (κ1) is 20.2. The highest BCUT2D eigenvalue weighted by molar-refractivity contribution is 5.97. The molecule has 8 heteroatoms. The monoisotopic (exact) mass is 398 g/mol. The third-order valence-electron chi connectivity index (χ3n) is 4.24. The lowest BCUT2D eigenvalue weighted by Crippen LogP contribution is -2.46. The van der Waals surface area contributed by atoms with Gasteiger partial charge in [0.1, 0.15) is 6.61 Å². The maximum atomic E-state index is 11.9. The molecule has 8 nitrogen and oxygen atoms in total. The molecule has 2 aromatic carbocycles. The van der Waals surface area contributed by atoms with E-state index >= 15 is 0 Å². The molecule has 0 radical (unpaired) electrons. The third kappa shape index (κ3) is 5.71.